The summed E-state index contributed by atoms with van der Waals surface area (Å²) in [6, 6.07) is 10.3. The molecular formula is C18H17ClN2O4S3. The second-order valence-electron chi connectivity index (χ2n) is 5.79. The van der Waals surface area contributed by atoms with Crippen LogP contribution in [0.15, 0.2) is 46.8 Å². The van der Waals surface area contributed by atoms with E-state index < -0.39 is 10.1 Å². The highest BCUT2D eigenvalue weighted by atomic mass is 35.5. The summed E-state index contributed by atoms with van der Waals surface area (Å²) in [4.78, 5) is 17.3. The zero-order valence-corrected chi connectivity index (χ0v) is 18.1. The van der Waals surface area contributed by atoms with Crippen LogP contribution in [0.5, 0.6) is 0 Å². The Morgan fingerprint density at radius 2 is 2.00 bits per heavy atom. The first-order chi connectivity index (χ1) is 13.4. The molecule has 0 spiro atoms. The van der Waals surface area contributed by atoms with E-state index in [1.165, 1.54) is 23.5 Å². The Bertz CT molecular complexity index is 1080. The molecule has 0 amide bonds. The number of anilines is 1. The zero-order valence-electron chi connectivity index (χ0n) is 14.8. The number of benzene rings is 1. The van der Waals surface area contributed by atoms with Crippen LogP contribution in [0.3, 0.4) is 0 Å². The zero-order chi connectivity index (χ0) is 20.1. The maximum absolute atomic E-state index is 12.6. The van der Waals surface area contributed by atoms with Crippen molar-refractivity contribution >= 4 is 55.3 Å². The number of hydrogen-bond acceptors (Lipinski definition) is 8. The predicted octanol–water partition coefficient (Wildman–Crippen LogP) is 4.60. The molecule has 0 aliphatic rings. The number of halogens is 1. The van der Waals surface area contributed by atoms with Gasteiger partial charge in [0.25, 0.3) is 0 Å². The first kappa shape index (κ1) is 20.9. The highest BCUT2D eigenvalue weighted by molar-refractivity contribution is 7.89. The Kier molecular flexibility index (Phi) is 6.84. The van der Waals surface area contributed by atoms with Gasteiger partial charge in [-0.05, 0) is 31.0 Å². The van der Waals surface area contributed by atoms with Crippen molar-refractivity contribution in [2.75, 3.05) is 18.5 Å². The molecular weight excluding hydrogens is 440 g/mol. The lowest BCUT2D eigenvalue weighted by Crippen LogP contribution is -2.10. The van der Waals surface area contributed by atoms with Gasteiger partial charge in [-0.25, -0.2) is 4.98 Å². The molecule has 0 atom stereocenters. The van der Waals surface area contributed by atoms with Crippen molar-refractivity contribution < 1.29 is 17.4 Å². The van der Waals surface area contributed by atoms with E-state index in [9.17, 15) is 13.2 Å². The summed E-state index contributed by atoms with van der Waals surface area (Å²) in [5.74, 6) is -0.0623. The monoisotopic (exact) mass is 456 g/mol. The van der Waals surface area contributed by atoms with E-state index >= 15 is 0 Å². The number of nitrogens with zero attached hydrogens (tertiary/aromatic N) is 1. The Labute approximate surface area is 176 Å². The fourth-order valence-corrected chi connectivity index (χ4v) is 5.57. The maximum Gasteiger partial charge on any atom is 0.306 e. The quantitative estimate of drug-likeness (QED) is 0.287. The summed E-state index contributed by atoms with van der Waals surface area (Å²) in [5, 5.41) is 3.68. The summed E-state index contributed by atoms with van der Waals surface area (Å²) in [5.41, 5.74) is 1.57. The van der Waals surface area contributed by atoms with E-state index in [2.05, 4.69) is 10.3 Å². The molecule has 0 radical (unpaired) electrons. The third kappa shape index (κ3) is 5.18. The van der Waals surface area contributed by atoms with Crippen LogP contribution in [0.25, 0.3) is 0 Å². The molecule has 0 saturated heterocycles. The van der Waals surface area contributed by atoms with Gasteiger partial charge in [0.05, 0.1) is 22.0 Å². The number of aromatic nitrogens is 1. The van der Waals surface area contributed by atoms with Crippen molar-refractivity contribution in [3.63, 3.8) is 0 Å². The van der Waals surface area contributed by atoms with Gasteiger partial charge in [-0.3, -0.25) is 8.98 Å². The summed E-state index contributed by atoms with van der Waals surface area (Å²) in [6.07, 6.45) is 2.00. The molecule has 2 heterocycles. The lowest BCUT2D eigenvalue weighted by Gasteiger charge is -2.04. The van der Waals surface area contributed by atoms with Gasteiger partial charge in [0.2, 0.25) is 5.78 Å². The second kappa shape index (κ2) is 9.15. The number of carbonyl (C=O) groups is 1. The van der Waals surface area contributed by atoms with Crippen LogP contribution < -0.4 is 5.32 Å². The molecule has 3 rings (SSSR count). The lowest BCUT2D eigenvalue weighted by atomic mass is 10.0. The molecule has 0 fully saturated rings. The molecule has 0 aliphatic carbocycles. The molecule has 2 aromatic heterocycles. The van der Waals surface area contributed by atoms with Gasteiger partial charge in [0, 0.05) is 12.1 Å². The first-order valence-electron chi connectivity index (χ1n) is 8.31. The molecule has 0 bridgehead atoms. The summed E-state index contributed by atoms with van der Waals surface area (Å²) < 4.78 is 29.4. The van der Waals surface area contributed by atoms with Crippen molar-refractivity contribution in [1.29, 1.82) is 0 Å². The van der Waals surface area contributed by atoms with Crippen LogP contribution in [-0.2, 0) is 14.3 Å². The standard InChI is InChI=1S/C18H17ClN2O4S3/c1-12-5-2-3-6-13(12)17(22)14-11-21-18(26-14)20-9-4-10-25-28(23,24)16-8-7-15(19)27-16/h2-3,5-8,11H,4,9-10H2,1H3,(H,20,21). The van der Waals surface area contributed by atoms with Gasteiger partial charge in [0.1, 0.15) is 4.21 Å². The van der Waals surface area contributed by atoms with Crippen LogP contribution in [-0.4, -0.2) is 32.3 Å². The van der Waals surface area contributed by atoms with Gasteiger partial charge >= 0.3 is 10.1 Å². The van der Waals surface area contributed by atoms with Crippen LogP contribution in [0, 0.1) is 6.92 Å². The molecule has 10 heteroatoms. The van der Waals surface area contributed by atoms with Crippen molar-refractivity contribution in [3.8, 4) is 0 Å². The number of thiazole rings is 1. The molecule has 28 heavy (non-hydrogen) atoms. The molecule has 3 aromatic rings. The molecule has 1 aromatic carbocycles. The number of nitrogens with one attached hydrogen (secondary N) is 1. The molecule has 0 saturated carbocycles. The second-order valence-corrected chi connectivity index (χ2v) is 10.4. The van der Waals surface area contributed by atoms with Crippen LogP contribution in [0.4, 0.5) is 5.13 Å². The van der Waals surface area contributed by atoms with Crippen LogP contribution >= 0.6 is 34.3 Å². The van der Waals surface area contributed by atoms with Crippen LogP contribution in [0.1, 0.15) is 27.2 Å². The fourth-order valence-electron chi connectivity index (χ4n) is 2.35. The number of ketones is 1. The normalized spacial score (nSPS) is 11.5. The van der Waals surface area contributed by atoms with Crippen molar-refractivity contribution in [3.05, 3.63) is 62.9 Å². The van der Waals surface area contributed by atoms with Gasteiger partial charge in [-0.2, -0.15) is 8.42 Å². The van der Waals surface area contributed by atoms with Crippen molar-refractivity contribution in [2.24, 2.45) is 0 Å². The van der Waals surface area contributed by atoms with E-state index in [0.29, 0.717) is 32.9 Å². The number of carbonyl (C=O) groups excluding carboxylic acids is 1. The van der Waals surface area contributed by atoms with Crippen molar-refractivity contribution in [1.82, 2.24) is 4.98 Å². The highest BCUT2D eigenvalue weighted by Gasteiger charge is 2.18. The first-order valence-corrected chi connectivity index (χ1v) is 11.7. The fraction of sp³-hybridized carbons (Fsp3) is 0.222. The molecule has 6 nitrogen and oxygen atoms in total. The Hall–Kier alpha value is -1.78. The number of thiophene rings is 1. The van der Waals surface area contributed by atoms with Gasteiger partial charge in [0.15, 0.2) is 5.13 Å². The third-order valence-corrected chi connectivity index (χ3v) is 7.70. The molecule has 1 N–H and O–H groups in total. The van der Waals surface area contributed by atoms with Gasteiger partial charge in [-0.15, -0.1) is 11.3 Å². The average Bonchev–Trinajstić information content (AvgIpc) is 3.31. The van der Waals surface area contributed by atoms with E-state index in [1.54, 1.807) is 12.3 Å². The number of aryl methyl sites for hydroxylation is 1. The Morgan fingerprint density at radius 3 is 2.71 bits per heavy atom. The Balaban J connectivity index is 1.47. The minimum absolute atomic E-state index is 0.0330. The van der Waals surface area contributed by atoms with E-state index in [1.807, 2.05) is 25.1 Å². The molecule has 0 unspecified atom stereocenters. The third-order valence-electron chi connectivity index (χ3n) is 3.75. The van der Waals surface area contributed by atoms with Crippen LogP contribution in [0.2, 0.25) is 4.34 Å². The number of rotatable bonds is 9. The minimum Gasteiger partial charge on any atom is -0.361 e. The van der Waals surface area contributed by atoms with E-state index in [0.717, 1.165) is 16.9 Å². The average molecular weight is 457 g/mol. The van der Waals surface area contributed by atoms with Gasteiger partial charge in [-0.1, -0.05) is 47.2 Å². The largest absolute Gasteiger partial charge is 0.361 e. The van der Waals surface area contributed by atoms with E-state index in [4.69, 9.17) is 15.8 Å². The molecule has 0 aliphatic heterocycles. The Morgan fingerprint density at radius 1 is 1.21 bits per heavy atom. The summed E-state index contributed by atoms with van der Waals surface area (Å²) in [7, 11) is -3.78. The summed E-state index contributed by atoms with van der Waals surface area (Å²) >= 11 is 7.97. The molecule has 148 valence electrons. The SMILES string of the molecule is Cc1ccccc1C(=O)c1cnc(NCCCOS(=O)(=O)c2ccc(Cl)s2)s1. The predicted molar refractivity (Wildman–Crippen MR) is 112 cm³/mol. The topological polar surface area (TPSA) is 85.4 Å². The highest BCUT2D eigenvalue weighted by Crippen LogP contribution is 2.27. The van der Waals surface area contributed by atoms with E-state index in [-0.39, 0.29) is 16.6 Å². The minimum atomic E-state index is -3.78. The lowest BCUT2D eigenvalue weighted by molar-refractivity contribution is 0.104. The maximum atomic E-state index is 12.6. The number of hydrogen-bond donors (Lipinski definition) is 1. The van der Waals surface area contributed by atoms with Gasteiger partial charge < -0.3 is 5.32 Å². The smallest absolute Gasteiger partial charge is 0.306 e. The summed E-state index contributed by atoms with van der Waals surface area (Å²) in [6.45, 7) is 2.39. The van der Waals surface area contributed by atoms with Crippen molar-refractivity contribution in [2.45, 2.75) is 17.6 Å².